The first kappa shape index (κ1) is 11.8. The third kappa shape index (κ3) is 2.37. The summed E-state index contributed by atoms with van der Waals surface area (Å²) >= 11 is 0. The van der Waals surface area contributed by atoms with E-state index < -0.39 is 11.7 Å². The second kappa shape index (κ2) is 5.13. The number of Topliss-reactive ketones (excluding diaryl/α,β-unsaturated/α-hetero) is 1. The summed E-state index contributed by atoms with van der Waals surface area (Å²) < 4.78 is 13.0. The molecule has 5 nitrogen and oxygen atoms in total. The highest BCUT2D eigenvalue weighted by Crippen LogP contribution is 2.08. The Hall–Kier alpha value is -2.63. The quantitative estimate of drug-likeness (QED) is 0.293. The fraction of sp³-hybridized carbons (Fsp3) is 0. The Kier molecular flexibility index (Phi) is 3.38. The molecular formula is C12H8FN3O2. The molecule has 0 fully saturated rings. The average molecular weight is 245 g/mol. The first-order valence-corrected chi connectivity index (χ1v) is 5.01. The second-order valence-electron chi connectivity index (χ2n) is 3.39. The van der Waals surface area contributed by atoms with Crippen LogP contribution in [0.4, 0.5) is 4.39 Å². The lowest BCUT2D eigenvalue weighted by atomic mass is 10.0. The second-order valence-corrected chi connectivity index (χ2v) is 3.39. The van der Waals surface area contributed by atoms with Gasteiger partial charge in [-0.3, -0.25) is 9.78 Å². The fourth-order valence-corrected chi connectivity index (χ4v) is 1.42. The van der Waals surface area contributed by atoms with Gasteiger partial charge in [-0.15, -0.1) is 0 Å². The molecule has 0 bridgehead atoms. The van der Waals surface area contributed by atoms with Crippen LogP contribution in [0.25, 0.3) is 0 Å². The molecule has 0 saturated carbocycles. The molecule has 0 aliphatic heterocycles. The lowest BCUT2D eigenvalue weighted by molar-refractivity contribution is 0.106. The molecule has 2 aromatic heterocycles. The molecule has 1 N–H and O–H groups in total. The average Bonchev–Trinajstić information content (AvgIpc) is 2.40. The van der Waals surface area contributed by atoms with E-state index in [9.17, 15) is 9.18 Å². The van der Waals surface area contributed by atoms with E-state index in [-0.39, 0.29) is 16.8 Å². The van der Waals surface area contributed by atoms with Crippen LogP contribution in [0.5, 0.6) is 0 Å². The predicted molar refractivity (Wildman–Crippen MR) is 61.1 cm³/mol. The van der Waals surface area contributed by atoms with Gasteiger partial charge in [-0.05, 0) is 18.2 Å². The highest BCUT2D eigenvalue weighted by atomic mass is 19.1. The van der Waals surface area contributed by atoms with Gasteiger partial charge in [-0.2, -0.15) is 4.39 Å². The number of oxime groups is 1. The maximum absolute atomic E-state index is 13.0. The SMILES string of the molecule is O=C(C(=NO)c1ccnc(F)c1)c1cccnc1. The molecule has 90 valence electrons. The molecule has 0 saturated heterocycles. The van der Waals surface area contributed by atoms with Gasteiger partial charge in [-0.1, -0.05) is 5.16 Å². The summed E-state index contributed by atoms with van der Waals surface area (Å²) in [5.74, 6) is -1.30. The van der Waals surface area contributed by atoms with Gasteiger partial charge < -0.3 is 5.21 Å². The molecule has 18 heavy (non-hydrogen) atoms. The third-order valence-electron chi connectivity index (χ3n) is 2.24. The molecule has 2 aromatic rings. The molecule has 0 unspecified atom stereocenters. The molecule has 2 heterocycles. The van der Waals surface area contributed by atoms with Gasteiger partial charge in [0.1, 0.15) is 0 Å². The molecule has 0 amide bonds. The number of halogens is 1. The zero-order valence-electron chi connectivity index (χ0n) is 9.12. The summed E-state index contributed by atoms with van der Waals surface area (Å²) in [7, 11) is 0. The first-order chi connectivity index (χ1) is 8.72. The number of hydrogen-bond acceptors (Lipinski definition) is 5. The van der Waals surface area contributed by atoms with Gasteiger partial charge in [0, 0.05) is 35.8 Å². The van der Waals surface area contributed by atoms with Crippen LogP contribution in [0.3, 0.4) is 0 Å². The van der Waals surface area contributed by atoms with Crippen LogP contribution < -0.4 is 0 Å². The predicted octanol–water partition coefficient (Wildman–Crippen LogP) is 1.68. The molecule has 0 atom stereocenters. The van der Waals surface area contributed by atoms with Crippen LogP contribution in [-0.4, -0.2) is 26.7 Å². The lowest BCUT2D eigenvalue weighted by Gasteiger charge is -2.03. The minimum Gasteiger partial charge on any atom is -0.410 e. The standard InChI is InChI=1S/C12H8FN3O2/c13-10-6-8(3-5-15-10)11(16-18)12(17)9-2-1-4-14-7-9/h1-7,18H. The van der Waals surface area contributed by atoms with Crippen LogP contribution in [0.2, 0.25) is 0 Å². The summed E-state index contributed by atoms with van der Waals surface area (Å²) in [5, 5.41) is 11.8. The normalized spacial score (nSPS) is 11.3. The van der Waals surface area contributed by atoms with Crippen LogP contribution in [0, 0.1) is 5.95 Å². The molecule has 0 aromatic carbocycles. The summed E-state index contributed by atoms with van der Waals surface area (Å²) in [5.41, 5.74) is 0.144. The highest BCUT2D eigenvalue weighted by molar-refractivity contribution is 6.51. The Bertz CT molecular complexity index is 599. The van der Waals surface area contributed by atoms with Crippen molar-refractivity contribution < 1.29 is 14.4 Å². The zero-order valence-corrected chi connectivity index (χ0v) is 9.12. The van der Waals surface area contributed by atoms with Crippen molar-refractivity contribution in [3.63, 3.8) is 0 Å². The van der Waals surface area contributed by atoms with Gasteiger partial charge in [-0.25, -0.2) is 4.98 Å². The van der Waals surface area contributed by atoms with Crippen molar-refractivity contribution in [2.45, 2.75) is 0 Å². The van der Waals surface area contributed by atoms with Gasteiger partial charge in [0.25, 0.3) is 0 Å². The van der Waals surface area contributed by atoms with Crippen molar-refractivity contribution in [2.24, 2.45) is 5.16 Å². The molecular weight excluding hydrogens is 237 g/mol. The number of ketones is 1. The van der Waals surface area contributed by atoms with E-state index in [0.717, 1.165) is 6.07 Å². The maximum Gasteiger partial charge on any atom is 0.216 e. The number of carbonyl (C=O) groups is 1. The van der Waals surface area contributed by atoms with E-state index >= 15 is 0 Å². The zero-order chi connectivity index (χ0) is 13.0. The van der Waals surface area contributed by atoms with Crippen molar-refractivity contribution in [1.82, 2.24) is 9.97 Å². The number of nitrogens with zero attached hydrogens (tertiary/aromatic N) is 3. The maximum atomic E-state index is 13.0. The van der Waals surface area contributed by atoms with Crippen molar-refractivity contribution >= 4 is 11.5 Å². The molecule has 0 aliphatic carbocycles. The summed E-state index contributed by atoms with van der Waals surface area (Å²) in [6.07, 6.45) is 4.04. The van der Waals surface area contributed by atoms with Gasteiger partial charge in [0.05, 0.1) is 0 Å². The van der Waals surface area contributed by atoms with Crippen LogP contribution in [-0.2, 0) is 0 Å². The van der Waals surface area contributed by atoms with Crippen molar-refractivity contribution in [1.29, 1.82) is 0 Å². The largest absolute Gasteiger partial charge is 0.410 e. The van der Waals surface area contributed by atoms with Gasteiger partial charge in [0.15, 0.2) is 5.71 Å². The Morgan fingerprint density at radius 2 is 2.11 bits per heavy atom. The molecule has 2 rings (SSSR count). The van der Waals surface area contributed by atoms with Gasteiger partial charge in [0.2, 0.25) is 11.7 Å². The Morgan fingerprint density at radius 3 is 2.72 bits per heavy atom. The van der Waals surface area contributed by atoms with Crippen LogP contribution in [0.15, 0.2) is 48.0 Å². The molecule has 0 radical (unpaired) electrons. The van der Waals surface area contributed by atoms with E-state index in [4.69, 9.17) is 5.21 Å². The highest BCUT2D eigenvalue weighted by Gasteiger charge is 2.17. The number of pyridine rings is 2. The van der Waals surface area contributed by atoms with Crippen molar-refractivity contribution in [3.05, 3.63) is 59.9 Å². The van der Waals surface area contributed by atoms with E-state index in [1.165, 1.54) is 30.7 Å². The Labute approximate surface area is 102 Å². The number of rotatable bonds is 3. The lowest BCUT2D eigenvalue weighted by Crippen LogP contribution is -2.16. The number of carbonyl (C=O) groups excluding carboxylic acids is 1. The molecule has 6 heteroatoms. The fourth-order valence-electron chi connectivity index (χ4n) is 1.42. The topological polar surface area (TPSA) is 75.4 Å². The van der Waals surface area contributed by atoms with Crippen LogP contribution >= 0.6 is 0 Å². The minimum atomic E-state index is -0.757. The first-order valence-electron chi connectivity index (χ1n) is 5.01. The monoisotopic (exact) mass is 245 g/mol. The van der Waals surface area contributed by atoms with Crippen LogP contribution in [0.1, 0.15) is 15.9 Å². The molecule has 0 spiro atoms. The number of aromatic nitrogens is 2. The minimum absolute atomic E-state index is 0.152. The van der Waals surface area contributed by atoms with E-state index in [0.29, 0.717) is 0 Å². The smallest absolute Gasteiger partial charge is 0.216 e. The number of hydrogen-bond donors (Lipinski definition) is 1. The summed E-state index contributed by atoms with van der Waals surface area (Å²) in [4.78, 5) is 19.2. The van der Waals surface area contributed by atoms with E-state index in [1.807, 2.05) is 0 Å². The molecule has 0 aliphatic rings. The van der Waals surface area contributed by atoms with E-state index in [2.05, 4.69) is 15.1 Å². The summed E-state index contributed by atoms with van der Waals surface area (Å²) in [6.45, 7) is 0. The van der Waals surface area contributed by atoms with Gasteiger partial charge >= 0.3 is 0 Å². The summed E-state index contributed by atoms with van der Waals surface area (Å²) in [6, 6.07) is 5.50. The van der Waals surface area contributed by atoms with Crippen molar-refractivity contribution in [3.8, 4) is 0 Å². The van der Waals surface area contributed by atoms with E-state index in [1.54, 1.807) is 6.07 Å². The Morgan fingerprint density at radius 1 is 1.28 bits per heavy atom. The Balaban J connectivity index is 2.39. The van der Waals surface area contributed by atoms with Crippen molar-refractivity contribution in [2.75, 3.05) is 0 Å². The third-order valence-corrected chi connectivity index (χ3v) is 2.24.